The molecular formula is C20H27BrN2O2. The third-order valence-electron chi connectivity index (χ3n) is 4.22. The summed E-state index contributed by atoms with van der Waals surface area (Å²) in [5.41, 5.74) is 3.72. The van der Waals surface area contributed by atoms with Crippen molar-refractivity contribution < 1.29 is 9.53 Å². The van der Waals surface area contributed by atoms with Crippen molar-refractivity contribution in [2.75, 3.05) is 6.61 Å². The van der Waals surface area contributed by atoms with Crippen LogP contribution in [0.1, 0.15) is 73.3 Å². The van der Waals surface area contributed by atoms with Gasteiger partial charge in [-0.2, -0.15) is 5.10 Å². The van der Waals surface area contributed by atoms with Gasteiger partial charge in [0.05, 0.1) is 18.0 Å². The first-order valence-electron chi connectivity index (χ1n) is 9.01. The molecule has 0 fully saturated rings. The predicted octanol–water partition coefficient (Wildman–Crippen LogP) is 5.43. The van der Waals surface area contributed by atoms with Gasteiger partial charge in [-0.25, -0.2) is 4.79 Å². The van der Waals surface area contributed by atoms with Crippen LogP contribution in [0, 0.1) is 0 Å². The van der Waals surface area contributed by atoms with E-state index in [2.05, 4.69) is 64.2 Å². The van der Waals surface area contributed by atoms with Gasteiger partial charge in [-0.05, 0) is 56.2 Å². The molecule has 25 heavy (non-hydrogen) atoms. The van der Waals surface area contributed by atoms with Crippen LogP contribution in [-0.4, -0.2) is 22.8 Å². The summed E-state index contributed by atoms with van der Waals surface area (Å²) in [5, 5.41) is 7.41. The van der Waals surface area contributed by atoms with Crippen molar-refractivity contribution in [3.05, 3.63) is 51.3 Å². The first-order valence-corrected chi connectivity index (χ1v) is 9.81. The van der Waals surface area contributed by atoms with Crippen LogP contribution in [0.3, 0.4) is 0 Å². The number of ether oxygens (including phenoxy) is 1. The van der Waals surface area contributed by atoms with Gasteiger partial charge in [0.1, 0.15) is 5.56 Å². The summed E-state index contributed by atoms with van der Waals surface area (Å²) in [5.74, 6) is -0.0390. The van der Waals surface area contributed by atoms with E-state index in [1.165, 1.54) is 5.56 Å². The van der Waals surface area contributed by atoms with Crippen molar-refractivity contribution in [1.29, 1.82) is 0 Å². The fourth-order valence-corrected chi connectivity index (χ4v) is 3.14. The Labute approximate surface area is 158 Å². The Balaban J connectivity index is 1.87. The molecule has 0 saturated heterocycles. The number of benzene rings is 1. The highest BCUT2D eigenvalue weighted by Gasteiger charge is 2.22. The minimum Gasteiger partial charge on any atom is -0.462 e. The highest BCUT2D eigenvalue weighted by molar-refractivity contribution is 9.10. The number of esters is 1. The Kier molecular flexibility index (Phi) is 7.69. The van der Waals surface area contributed by atoms with Crippen LogP contribution in [0.5, 0.6) is 0 Å². The second-order valence-electron chi connectivity index (χ2n) is 6.52. The summed E-state index contributed by atoms with van der Waals surface area (Å²) >= 11 is 3.46. The lowest BCUT2D eigenvalue weighted by atomic mass is 10.0. The monoisotopic (exact) mass is 406 g/mol. The van der Waals surface area contributed by atoms with Crippen molar-refractivity contribution in [3.8, 4) is 0 Å². The van der Waals surface area contributed by atoms with Gasteiger partial charge >= 0.3 is 5.97 Å². The number of aromatic nitrogens is 2. The van der Waals surface area contributed by atoms with E-state index in [9.17, 15) is 4.79 Å². The maximum atomic E-state index is 12.3. The number of rotatable bonds is 9. The zero-order valence-corrected chi connectivity index (χ0v) is 16.9. The number of carbonyl (C=O) groups excluding carboxylic acids is 1. The number of nitrogens with one attached hydrogen (secondary N) is 1. The van der Waals surface area contributed by atoms with Crippen LogP contribution in [0.2, 0.25) is 0 Å². The van der Waals surface area contributed by atoms with E-state index in [0.717, 1.165) is 48.0 Å². The lowest BCUT2D eigenvalue weighted by Crippen LogP contribution is -2.10. The van der Waals surface area contributed by atoms with Gasteiger partial charge in [-0.15, -0.1) is 0 Å². The molecule has 0 saturated carbocycles. The molecule has 2 aromatic rings. The fourth-order valence-electron chi connectivity index (χ4n) is 2.87. The molecular weight excluding hydrogens is 380 g/mol. The smallest absolute Gasteiger partial charge is 0.341 e. The average Bonchev–Trinajstić information content (AvgIpc) is 3.01. The third-order valence-corrected chi connectivity index (χ3v) is 4.75. The molecule has 136 valence electrons. The van der Waals surface area contributed by atoms with Crippen LogP contribution < -0.4 is 0 Å². The van der Waals surface area contributed by atoms with Crippen LogP contribution in [-0.2, 0) is 17.6 Å². The zero-order valence-electron chi connectivity index (χ0n) is 15.3. The zero-order chi connectivity index (χ0) is 18.2. The molecule has 0 bridgehead atoms. The molecule has 0 amide bonds. The number of halogens is 1. The molecule has 1 aromatic heterocycles. The first-order chi connectivity index (χ1) is 12.0. The van der Waals surface area contributed by atoms with Crippen LogP contribution in [0.15, 0.2) is 28.7 Å². The van der Waals surface area contributed by atoms with E-state index in [1.54, 1.807) is 0 Å². The molecule has 0 unspecified atom stereocenters. The Morgan fingerprint density at radius 2 is 1.84 bits per heavy atom. The molecule has 0 aliphatic rings. The number of aryl methyl sites for hydroxylation is 2. The van der Waals surface area contributed by atoms with E-state index in [4.69, 9.17) is 4.74 Å². The maximum absolute atomic E-state index is 12.3. The summed E-state index contributed by atoms with van der Waals surface area (Å²) < 4.78 is 6.32. The number of aromatic amines is 1. The number of H-pyrrole nitrogens is 1. The molecule has 2 rings (SSSR count). The standard InChI is InChI=1S/C20H27BrN2O2/c1-4-25-20(24)18-17(22-23-19(18)14(2)3)9-7-5-6-8-15-10-12-16(21)13-11-15/h10-14H,4-9H2,1-3H3,(H,22,23). The van der Waals surface area contributed by atoms with Crippen molar-refractivity contribution in [3.63, 3.8) is 0 Å². The van der Waals surface area contributed by atoms with Crippen molar-refractivity contribution in [2.24, 2.45) is 0 Å². The molecule has 1 heterocycles. The second kappa shape index (κ2) is 9.76. The predicted molar refractivity (Wildman–Crippen MR) is 104 cm³/mol. The number of carbonyl (C=O) groups is 1. The molecule has 1 aromatic carbocycles. The van der Waals surface area contributed by atoms with Gasteiger partial charge in [0.2, 0.25) is 0 Å². The van der Waals surface area contributed by atoms with Crippen LogP contribution in [0.4, 0.5) is 0 Å². The van der Waals surface area contributed by atoms with Gasteiger partial charge in [0.25, 0.3) is 0 Å². The number of unbranched alkanes of at least 4 members (excludes halogenated alkanes) is 2. The summed E-state index contributed by atoms with van der Waals surface area (Å²) in [4.78, 5) is 12.3. The van der Waals surface area contributed by atoms with Crippen LogP contribution in [0.25, 0.3) is 0 Å². The molecule has 0 aliphatic heterocycles. The molecule has 1 N–H and O–H groups in total. The van der Waals surface area contributed by atoms with E-state index >= 15 is 0 Å². The molecule has 0 radical (unpaired) electrons. The lowest BCUT2D eigenvalue weighted by molar-refractivity contribution is 0.0523. The summed E-state index contributed by atoms with van der Waals surface area (Å²) in [6.07, 6.45) is 5.15. The minimum atomic E-state index is -0.259. The summed E-state index contributed by atoms with van der Waals surface area (Å²) in [6, 6.07) is 8.48. The number of nitrogens with zero attached hydrogens (tertiary/aromatic N) is 1. The minimum absolute atomic E-state index is 0.220. The normalized spacial score (nSPS) is 11.1. The van der Waals surface area contributed by atoms with Crippen molar-refractivity contribution in [1.82, 2.24) is 10.2 Å². The number of hydrogen-bond donors (Lipinski definition) is 1. The van der Waals surface area contributed by atoms with Crippen molar-refractivity contribution in [2.45, 2.75) is 58.8 Å². The average molecular weight is 407 g/mol. The maximum Gasteiger partial charge on any atom is 0.341 e. The highest BCUT2D eigenvalue weighted by atomic mass is 79.9. The lowest BCUT2D eigenvalue weighted by Gasteiger charge is -2.08. The Morgan fingerprint density at radius 1 is 1.16 bits per heavy atom. The van der Waals surface area contributed by atoms with Gasteiger partial charge < -0.3 is 4.74 Å². The molecule has 0 aliphatic carbocycles. The summed E-state index contributed by atoms with van der Waals surface area (Å²) in [7, 11) is 0. The Bertz CT molecular complexity index is 678. The van der Waals surface area contributed by atoms with Gasteiger partial charge in [0, 0.05) is 4.47 Å². The molecule has 0 spiro atoms. The second-order valence-corrected chi connectivity index (χ2v) is 7.44. The van der Waals surface area contributed by atoms with E-state index in [0.29, 0.717) is 12.2 Å². The quantitative estimate of drug-likeness (QED) is 0.446. The molecule has 0 atom stereocenters. The Hall–Kier alpha value is -1.62. The van der Waals surface area contributed by atoms with Gasteiger partial charge in [0.15, 0.2) is 0 Å². The SMILES string of the molecule is CCOC(=O)c1c(CCCCCc2ccc(Br)cc2)n[nH]c1C(C)C. The van der Waals surface area contributed by atoms with Crippen molar-refractivity contribution >= 4 is 21.9 Å². The molecule has 5 heteroatoms. The van der Waals surface area contributed by atoms with Crippen LogP contribution >= 0.6 is 15.9 Å². The molecule has 4 nitrogen and oxygen atoms in total. The topological polar surface area (TPSA) is 55.0 Å². The summed E-state index contributed by atoms with van der Waals surface area (Å²) in [6.45, 7) is 6.32. The van der Waals surface area contributed by atoms with E-state index in [-0.39, 0.29) is 11.9 Å². The first kappa shape index (κ1) is 19.7. The van der Waals surface area contributed by atoms with Gasteiger partial charge in [-0.1, -0.05) is 48.3 Å². The highest BCUT2D eigenvalue weighted by Crippen LogP contribution is 2.22. The number of hydrogen-bond acceptors (Lipinski definition) is 3. The largest absolute Gasteiger partial charge is 0.462 e. The third kappa shape index (κ3) is 5.70. The van der Waals surface area contributed by atoms with E-state index in [1.807, 2.05) is 6.92 Å². The Morgan fingerprint density at radius 3 is 2.48 bits per heavy atom. The van der Waals surface area contributed by atoms with E-state index < -0.39 is 0 Å². The van der Waals surface area contributed by atoms with Gasteiger partial charge in [-0.3, -0.25) is 5.10 Å². The fraction of sp³-hybridized carbons (Fsp3) is 0.500.